The van der Waals surface area contributed by atoms with Crippen molar-refractivity contribution in [1.82, 2.24) is 14.5 Å². The van der Waals surface area contributed by atoms with Crippen LogP contribution in [-0.2, 0) is 17.1 Å². The highest BCUT2D eigenvalue weighted by atomic mass is 35.5. The molecule has 0 spiro atoms. The van der Waals surface area contributed by atoms with Crippen molar-refractivity contribution in [2.24, 2.45) is 12.5 Å². The van der Waals surface area contributed by atoms with Gasteiger partial charge in [-0.1, -0.05) is 24.4 Å². The van der Waals surface area contributed by atoms with Gasteiger partial charge in [-0.25, -0.2) is 13.1 Å². The predicted molar refractivity (Wildman–Crippen MR) is 75.0 cm³/mol. The van der Waals surface area contributed by atoms with E-state index in [9.17, 15) is 8.42 Å². The average molecular weight is 326 g/mol. The molecule has 0 aliphatic heterocycles. The van der Waals surface area contributed by atoms with Gasteiger partial charge in [-0.05, 0) is 18.3 Å². The van der Waals surface area contributed by atoms with Crippen LogP contribution in [0.3, 0.4) is 0 Å². The number of nitrogens with zero attached hydrogens (tertiary/aromatic N) is 2. The van der Waals surface area contributed by atoms with Crippen LogP contribution in [-0.4, -0.2) is 30.6 Å². The third-order valence-electron chi connectivity index (χ3n) is 3.68. The summed E-state index contributed by atoms with van der Waals surface area (Å²) in [4.78, 5) is 0. The molecule has 1 N–H and O–H groups in total. The molecule has 0 atom stereocenters. The van der Waals surface area contributed by atoms with E-state index in [4.69, 9.17) is 23.2 Å². The molecule has 108 valence electrons. The Hall–Kier alpha value is -0.300. The van der Waals surface area contributed by atoms with Crippen LogP contribution in [0.15, 0.2) is 11.2 Å². The first-order valence-corrected chi connectivity index (χ1v) is 8.53. The fraction of sp³-hybridized carbons (Fsp3) is 0.727. The highest BCUT2D eigenvalue weighted by Crippen LogP contribution is 2.38. The molecule has 0 unspecified atom stereocenters. The zero-order valence-corrected chi connectivity index (χ0v) is 13.0. The third-order valence-corrected chi connectivity index (χ3v) is 6.16. The summed E-state index contributed by atoms with van der Waals surface area (Å²) in [5, 5.41) is 3.96. The molecule has 1 aromatic rings. The van der Waals surface area contributed by atoms with Crippen molar-refractivity contribution in [3.8, 4) is 0 Å². The number of halogens is 2. The summed E-state index contributed by atoms with van der Waals surface area (Å²) in [6, 6.07) is 0. The maximum absolute atomic E-state index is 12.3. The quantitative estimate of drug-likeness (QED) is 0.843. The molecule has 0 saturated heterocycles. The number of hydrogen-bond acceptors (Lipinski definition) is 3. The second-order valence-electron chi connectivity index (χ2n) is 5.09. The van der Waals surface area contributed by atoms with Crippen LogP contribution in [0.1, 0.15) is 25.7 Å². The lowest BCUT2D eigenvalue weighted by molar-refractivity contribution is 0.342. The minimum absolute atomic E-state index is 0.00288. The summed E-state index contributed by atoms with van der Waals surface area (Å²) in [6.07, 6.45) is 5.43. The highest BCUT2D eigenvalue weighted by molar-refractivity contribution is 7.89. The van der Waals surface area contributed by atoms with Crippen LogP contribution in [0, 0.1) is 5.41 Å². The number of aromatic nitrogens is 2. The number of rotatable bonds is 5. The Morgan fingerprint density at radius 2 is 2.11 bits per heavy atom. The Morgan fingerprint density at radius 1 is 1.47 bits per heavy atom. The summed E-state index contributed by atoms with van der Waals surface area (Å²) in [5.41, 5.74) is -0.125. The van der Waals surface area contributed by atoms with Crippen LogP contribution >= 0.6 is 23.2 Å². The normalized spacial score (nSPS) is 18.9. The van der Waals surface area contributed by atoms with Crippen LogP contribution in [0.2, 0.25) is 5.02 Å². The fourth-order valence-electron chi connectivity index (χ4n) is 2.50. The number of nitrogens with one attached hydrogen (secondary N) is 1. The Labute approximate surface area is 123 Å². The van der Waals surface area contributed by atoms with E-state index in [1.165, 1.54) is 10.9 Å². The Bertz CT molecular complexity index is 531. The third kappa shape index (κ3) is 3.07. The number of aryl methyl sites for hydroxylation is 1. The van der Waals surface area contributed by atoms with E-state index in [2.05, 4.69) is 9.82 Å². The number of hydrogen-bond donors (Lipinski definition) is 1. The fourth-order valence-corrected chi connectivity index (χ4v) is 4.67. The zero-order valence-electron chi connectivity index (χ0n) is 10.7. The maximum Gasteiger partial charge on any atom is 0.259 e. The van der Waals surface area contributed by atoms with Gasteiger partial charge in [0.2, 0.25) is 0 Å². The standard InChI is InChI=1S/C11H17Cl2N3O2S/c1-16-10(9(13)6-14-16)19(17,18)15-8-11(7-12)4-2-3-5-11/h6,15H,2-5,7-8H2,1H3. The Morgan fingerprint density at radius 3 is 2.58 bits per heavy atom. The van der Waals surface area contributed by atoms with Crippen molar-refractivity contribution in [2.75, 3.05) is 12.4 Å². The minimum Gasteiger partial charge on any atom is -0.255 e. The van der Waals surface area contributed by atoms with Crippen LogP contribution in [0.25, 0.3) is 0 Å². The van der Waals surface area contributed by atoms with Crippen LogP contribution in [0.5, 0.6) is 0 Å². The van der Waals surface area contributed by atoms with E-state index in [-0.39, 0.29) is 15.5 Å². The second kappa shape index (κ2) is 5.60. The van der Waals surface area contributed by atoms with Crippen LogP contribution < -0.4 is 4.72 Å². The van der Waals surface area contributed by atoms with E-state index < -0.39 is 10.0 Å². The van der Waals surface area contributed by atoms with E-state index in [0.717, 1.165) is 25.7 Å². The summed E-state index contributed by atoms with van der Waals surface area (Å²) < 4.78 is 28.4. The van der Waals surface area contributed by atoms with Gasteiger partial charge in [0.1, 0.15) is 0 Å². The molecule has 0 radical (unpaired) electrons. The first kappa shape index (κ1) is 15.1. The van der Waals surface area contributed by atoms with Gasteiger partial charge in [0.05, 0.1) is 11.2 Å². The van der Waals surface area contributed by atoms with Gasteiger partial charge in [0.25, 0.3) is 10.0 Å². The molecular weight excluding hydrogens is 309 g/mol. The zero-order chi connectivity index (χ0) is 14.1. The van der Waals surface area contributed by atoms with Crippen LogP contribution in [0.4, 0.5) is 0 Å². The summed E-state index contributed by atoms with van der Waals surface area (Å²) in [5.74, 6) is 0.467. The number of sulfonamides is 1. The SMILES string of the molecule is Cn1ncc(Cl)c1S(=O)(=O)NCC1(CCl)CCCC1. The Kier molecular flexibility index (Phi) is 4.45. The molecule has 19 heavy (non-hydrogen) atoms. The average Bonchev–Trinajstić information content (AvgIpc) is 2.95. The molecule has 1 aliphatic rings. The van der Waals surface area contributed by atoms with E-state index in [0.29, 0.717) is 12.4 Å². The first-order valence-electron chi connectivity index (χ1n) is 6.13. The Balaban J connectivity index is 2.14. The van der Waals surface area contributed by atoms with Gasteiger partial charge in [-0.15, -0.1) is 11.6 Å². The molecule has 0 amide bonds. The van der Waals surface area contributed by atoms with Gasteiger partial charge < -0.3 is 0 Å². The lowest BCUT2D eigenvalue weighted by Crippen LogP contribution is -2.37. The van der Waals surface area contributed by atoms with E-state index >= 15 is 0 Å². The molecule has 1 fully saturated rings. The van der Waals surface area contributed by atoms with Gasteiger partial charge in [0.15, 0.2) is 5.03 Å². The molecule has 2 rings (SSSR count). The predicted octanol–water partition coefficient (Wildman–Crippen LogP) is 2.15. The smallest absolute Gasteiger partial charge is 0.255 e. The molecule has 0 aromatic carbocycles. The molecule has 1 heterocycles. The maximum atomic E-state index is 12.3. The van der Waals surface area contributed by atoms with Gasteiger partial charge in [0, 0.05) is 19.5 Å². The van der Waals surface area contributed by atoms with Crippen molar-refractivity contribution in [3.63, 3.8) is 0 Å². The van der Waals surface area contributed by atoms with Crippen molar-refractivity contribution in [3.05, 3.63) is 11.2 Å². The van der Waals surface area contributed by atoms with Gasteiger partial charge in [-0.3, -0.25) is 4.68 Å². The van der Waals surface area contributed by atoms with Crippen molar-refractivity contribution < 1.29 is 8.42 Å². The largest absolute Gasteiger partial charge is 0.259 e. The second-order valence-corrected chi connectivity index (χ2v) is 7.44. The molecule has 5 nitrogen and oxygen atoms in total. The number of alkyl halides is 1. The summed E-state index contributed by atoms with van der Waals surface area (Å²) in [7, 11) is -2.11. The monoisotopic (exact) mass is 325 g/mol. The summed E-state index contributed by atoms with van der Waals surface area (Å²) in [6.45, 7) is 0.348. The van der Waals surface area contributed by atoms with E-state index in [1.807, 2.05) is 0 Å². The minimum atomic E-state index is -3.65. The van der Waals surface area contributed by atoms with Crippen molar-refractivity contribution >= 4 is 33.2 Å². The lowest BCUT2D eigenvalue weighted by Gasteiger charge is -2.26. The molecule has 1 aromatic heterocycles. The molecular formula is C11H17Cl2N3O2S. The van der Waals surface area contributed by atoms with Gasteiger partial charge >= 0.3 is 0 Å². The lowest BCUT2D eigenvalue weighted by atomic mass is 9.89. The van der Waals surface area contributed by atoms with E-state index in [1.54, 1.807) is 7.05 Å². The molecule has 1 aliphatic carbocycles. The highest BCUT2D eigenvalue weighted by Gasteiger charge is 2.35. The molecule has 8 heteroatoms. The topological polar surface area (TPSA) is 64.0 Å². The molecule has 0 bridgehead atoms. The van der Waals surface area contributed by atoms with Gasteiger partial charge in [-0.2, -0.15) is 5.10 Å². The molecule has 1 saturated carbocycles. The summed E-state index contributed by atoms with van der Waals surface area (Å²) >= 11 is 11.9. The van der Waals surface area contributed by atoms with Crippen molar-refractivity contribution in [1.29, 1.82) is 0 Å². The van der Waals surface area contributed by atoms with Crippen molar-refractivity contribution in [2.45, 2.75) is 30.7 Å². The first-order chi connectivity index (χ1) is 8.90.